The summed E-state index contributed by atoms with van der Waals surface area (Å²) in [5, 5.41) is 18.8. The van der Waals surface area contributed by atoms with Crippen LogP contribution in [0.4, 0.5) is 11.5 Å². The van der Waals surface area contributed by atoms with E-state index < -0.39 is 0 Å². The van der Waals surface area contributed by atoms with E-state index in [4.69, 9.17) is 4.98 Å². The van der Waals surface area contributed by atoms with Crippen LogP contribution < -0.4 is 5.32 Å². The second-order valence-corrected chi connectivity index (χ2v) is 8.04. The Morgan fingerprint density at radius 2 is 2.03 bits per heavy atom. The topological polar surface area (TPSA) is 104 Å². The number of nitrogens with one attached hydrogen (secondary N) is 2. The highest BCUT2D eigenvalue weighted by atomic mass is 16.3. The number of rotatable bonds is 4. The number of pyridine rings is 2. The summed E-state index contributed by atoms with van der Waals surface area (Å²) in [6, 6.07) is 13.8. The fraction of sp³-hybridized carbons (Fsp3) is 0.167. The molecule has 5 aromatic rings. The van der Waals surface area contributed by atoms with Gasteiger partial charge in [-0.1, -0.05) is 12.1 Å². The number of aromatic nitrogens is 6. The van der Waals surface area contributed by atoms with Gasteiger partial charge in [0.25, 0.3) is 0 Å². The Morgan fingerprint density at radius 3 is 2.88 bits per heavy atom. The molecular formula is C24H21N7O. The van der Waals surface area contributed by atoms with Crippen molar-refractivity contribution in [3.63, 3.8) is 0 Å². The van der Waals surface area contributed by atoms with E-state index in [1.54, 1.807) is 16.9 Å². The molecule has 0 aromatic carbocycles. The molecule has 1 unspecified atom stereocenters. The molecule has 8 nitrogen and oxygen atoms in total. The van der Waals surface area contributed by atoms with Crippen molar-refractivity contribution in [1.82, 2.24) is 29.5 Å². The molecule has 32 heavy (non-hydrogen) atoms. The van der Waals surface area contributed by atoms with Gasteiger partial charge in [-0.15, -0.1) is 0 Å². The Bertz CT molecular complexity index is 1500. The number of hydrogen-bond donors (Lipinski definition) is 3. The van der Waals surface area contributed by atoms with E-state index in [1.165, 1.54) is 0 Å². The van der Waals surface area contributed by atoms with Gasteiger partial charge in [-0.2, -0.15) is 9.61 Å². The number of nitrogens with zero attached hydrogens (tertiary/aromatic N) is 5. The van der Waals surface area contributed by atoms with Crippen LogP contribution in [0, 0.1) is 6.92 Å². The fourth-order valence-electron chi connectivity index (χ4n) is 4.18. The van der Waals surface area contributed by atoms with Gasteiger partial charge in [0.05, 0.1) is 29.4 Å². The monoisotopic (exact) mass is 423 g/mol. The SMILES string of the molecule is Cc1cccc(-c2cc(Nc3ccnc4[nH]c(C5=CCC(O)C5)cc34)n3nccc3n2)n1. The number of aliphatic hydroxyl groups excluding tert-OH is 1. The van der Waals surface area contributed by atoms with Crippen molar-refractivity contribution in [1.29, 1.82) is 0 Å². The Balaban J connectivity index is 1.44. The molecule has 3 N–H and O–H groups in total. The minimum atomic E-state index is -0.305. The normalized spacial score (nSPS) is 16.1. The fourth-order valence-corrected chi connectivity index (χ4v) is 4.18. The van der Waals surface area contributed by atoms with E-state index in [2.05, 4.69) is 37.5 Å². The zero-order valence-electron chi connectivity index (χ0n) is 17.4. The largest absolute Gasteiger partial charge is 0.392 e. The number of aliphatic hydroxyl groups is 1. The lowest BCUT2D eigenvalue weighted by Gasteiger charge is -2.11. The highest BCUT2D eigenvalue weighted by Crippen LogP contribution is 2.33. The first kappa shape index (κ1) is 18.7. The Kier molecular flexibility index (Phi) is 4.26. The van der Waals surface area contributed by atoms with Gasteiger partial charge in [-0.25, -0.2) is 9.97 Å². The standard InChI is InChI=1S/C24H21N7O/c1-14-3-2-4-19(27-14)21-13-23(31-22(29-21)8-10-26-31)28-18-7-9-25-24-17(18)12-20(30-24)15-5-6-16(32)11-15/h2-5,7-10,12-13,16,32H,6,11H2,1H3,(H2,25,28,30). The molecule has 1 aliphatic rings. The molecule has 8 heteroatoms. The minimum absolute atomic E-state index is 0.305. The lowest BCUT2D eigenvalue weighted by Crippen LogP contribution is -2.03. The summed E-state index contributed by atoms with van der Waals surface area (Å²) in [7, 11) is 0. The van der Waals surface area contributed by atoms with Crippen LogP contribution in [0.5, 0.6) is 0 Å². The van der Waals surface area contributed by atoms with Crippen LogP contribution >= 0.6 is 0 Å². The number of fused-ring (bicyclic) bond motifs is 2. The summed E-state index contributed by atoms with van der Waals surface area (Å²) in [5.41, 5.74) is 7.06. The molecule has 1 atom stereocenters. The van der Waals surface area contributed by atoms with Crippen molar-refractivity contribution in [2.24, 2.45) is 0 Å². The highest BCUT2D eigenvalue weighted by molar-refractivity contribution is 5.94. The van der Waals surface area contributed by atoms with E-state index in [1.807, 2.05) is 43.3 Å². The minimum Gasteiger partial charge on any atom is -0.392 e. The van der Waals surface area contributed by atoms with Gasteiger partial charge in [-0.05, 0) is 43.2 Å². The summed E-state index contributed by atoms with van der Waals surface area (Å²) >= 11 is 0. The van der Waals surface area contributed by atoms with Crippen molar-refractivity contribution in [3.05, 3.63) is 72.3 Å². The second kappa shape index (κ2) is 7.28. The van der Waals surface area contributed by atoms with Crippen LogP contribution in [0.2, 0.25) is 0 Å². The number of aromatic amines is 1. The molecule has 0 bridgehead atoms. The summed E-state index contributed by atoms with van der Waals surface area (Å²) < 4.78 is 1.77. The molecule has 5 aromatic heterocycles. The Hall–Kier alpha value is -4.04. The van der Waals surface area contributed by atoms with Crippen LogP contribution in [-0.4, -0.2) is 40.8 Å². The van der Waals surface area contributed by atoms with E-state index in [0.717, 1.165) is 56.5 Å². The molecule has 0 spiro atoms. The molecule has 0 amide bonds. The third kappa shape index (κ3) is 3.21. The highest BCUT2D eigenvalue weighted by Gasteiger charge is 2.18. The Morgan fingerprint density at radius 1 is 1.09 bits per heavy atom. The lowest BCUT2D eigenvalue weighted by molar-refractivity contribution is 0.191. The summed E-state index contributed by atoms with van der Waals surface area (Å²) in [5.74, 6) is 0.782. The van der Waals surface area contributed by atoms with Crippen LogP contribution in [0.1, 0.15) is 24.2 Å². The van der Waals surface area contributed by atoms with Gasteiger partial charge in [-0.3, -0.25) is 4.98 Å². The zero-order valence-corrected chi connectivity index (χ0v) is 17.4. The van der Waals surface area contributed by atoms with E-state index in [-0.39, 0.29) is 6.10 Å². The maximum Gasteiger partial charge on any atom is 0.158 e. The average molecular weight is 423 g/mol. The maximum absolute atomic E-state index is 9.89. The molecule has 0 saturated carbocycles. The molecular weight excluding hydrogens is 402 g/mol. The van der Waals surface area contributed by atoms with Gasteiger partial charge in [0.2, 0.25) is 0 Å². The average Bonchev–Trinajstić information content (AvgIpc) is 3.53. The third-order valence-corrected chi connectivity index (χ3v) is 5.74. The summed E-state index contributed by atoms with van der Waals surface area (Å²) in [6.07, 6.45) is 6.62. The van der Waals surface area contributed by atoms with Gasteiger partial charge in [0, 0.05) is 41.5 Å². The summed E-state index contributed by atoms with van der Waals surface area (Å²) in [4.78, 5) is 17.2. The molecule has 6 rings (SSSR count). The van der Waals surface area contributed by atoms with E-state index >= 15 is 0 Å². The number of H-pyrrole nitrogens is 1. The van der Waals surface area contributed by atoms with Gasteiger partial charge in [0.15, 0.2) is 5.65 Å². The summed E-state index contributed by atoms with van der Waals surface area (Å²) in [6.45, 7) is 1.97. The predicted octanol–water partition coefficient (Wildman–Crippen LogP) is 4.26. The molecule has 0 aliphatic heterocycles. The van der Waals surface area contributed by atoms with Crippen molar-refractivity contribution in [3.8, 4) is 11.4 Å². The first-order valence-corrected chi connectivity index (χ1v) is 10.5. The number of anilines is 2. The van der Waals surface area contributed by atoms with E-state index in [0.29, 0.717) is 12.8 Å². The van der Waals surface area contributed by atoms with Gasteiger partial charge < -0.3 is 15.4 Å². The van der Waals surface area contributed by atoms with Crippen LogP contribution in [0.3, 0.4) is 0 Å². The van der Waals surface area contributed by atoms with Crippen molar-refractivity contribution in [2.45, 2.75) is 25.9 Å². The molecule has 5 heterocycles. The van der Waals surface area contributed by atoms with E-state index in [9.17, 15) is 5.11 Å². The van der Waals surface area contributed by atoms with Crippen LogP contribution in [0.15, 0.2) is 60.9 Å². The molecule has 1 aliphatic carbocycles. The van der Waals surface area contributed by atoms with Crippen molar-refractivity contribution in [2.75, 3.05) is 5.32 Å². The third-order valence-electron chi connectivity index (χ3n) is 5.74. The first-order chi connectivity index (χ1) is 15.6. The molecule has 0 saturated heterocycles. The molecule has 0 fully saturated rings. The zero-order chi connectivity index (χ0) is 21.7. The predicted molar refractivity (Wildman–Crippen MR) is 124 cm³/mol. The molecule has 0 radical (unpaired) electrons. The van der Waals surface area contributed by atoms with Crippen LogP contribution in [0.25, 0.3) is 33.6 Å². The first-order valence-electron chi connectivity index (χ1n) is 10.5. The van der Waals surface area contributed by atoms with Crippen LogP contribution in [-0.2, 0) is 0 Å². The number of aryl methyl sites for hydroxylation is 1. The second-order valence-electron chi connectivity index (χ2n) is 8.04. The molecule has 158 valence electrons. The van der Waals surface area contributed by atoms with Crippen molar-refractivity contribution >= 4 is 33.8 Å². The van der Waals surface area contributed by atoms with Gasteiger partial charge >= 0.3 is 0 Å². The van der Waals surface area contributed by atoms with Gasteiger partial charge in [0.1, 0.15) is 11.5 Å². The lowest BCUT2D eigenvalue weighted by atomic mass is 10.1. The quantitative estimate of drug-likeness (QED) is 0.399. The Labute approximate surface area is 183 Å². The smallest absolute Gasteiger partial charge is 0.158 e. The van der Waals surface area contributed by atoms with Crippen molar-refractivity contribution < 1.29 is 5.11 Å². The number of hydrogen-bond acceptors (Lipinski definition) is 6. The maximum atomic E-state index is 9.89.